The van der Waals surface area contributed by atoms with E-state index in [2.05, 4.69) is 37.9 Å². The second-order valence-electron chi connectivity index (χ2n) is 4.34. The van der Waals surface area contributed by atoms with Crippen LogP contribution >= 0.6 is 28.3 Å². The number of halogens is 2. The van der Waals surface area contributed by atoms with Gasteiger partial charge in [-0.25, -0.2) is 4.98 Å². The van der Waals surface area contributed by atoms with Gasteiger partial charge in [0.1, 0.15) is 4.60 Å². The van der Waals surface area contributed by atoms with E-state index in [1.54, 1.807) is 0 Å². The molecule has 96 valence electrons. The summed E-state index contributed by atoms with van der Waals surface area (Å²) in [5.41, 5.74) is 7.12. The first-order chi connectivity index (χ1) is 7.79. The molecule has 0 saturated carbocycles. The molecule has 1 aromatic heterocycles. The number of piperidine rings is 1. The van der Waals surface area contributed by atoms with E-state index in [0.717, 1.165) is 17.7 Å². The van der Waals surface area contributed by atoms with Crippen molar-refractivity contribution in [3.63, 3.8) is 0 Å². The molecule has 0 aliphatic carbocycles. The van der Waals surface area contributed by atoms with Crippen LogP contribution in [0.25, 0.3) is 0 Å². The molecule has 0 bridgehead atoms. The fourth-order valence-corrected chi connectivity index (χ4v) is 2.72. The molecule has 2 rings (SSSR count). The Morgan fingerprint density at radius 2 is 2.29 bits per heavy atom. The predicted octanol–water partition coefficient (Wildman–Crippen LogP) is 2.58. The summed E-state index contributed by atoms with van der Waals surface area (Å²) in [6.07, 6.45) is 5.70. The second kappa shape index (κ2) is 7.31. The molecule has 2 N–H and O–H groups in total. The molecule has 1 atom stereocenters. The Balaban J connectivity index is 0.00000144. The summed E-state index contributed by atoms with van der Waals surface area (Å²) >= 11 is 3.40. The van der Waals surface area contributed by atoms with Crippen molar-refractivity contribution in [3.8, 4) is 0 Å². The summed E-state index contributed by atoms with van der Waals surface area (Å²) < 4.78 is 0.909. The first-order valence-electron chi connectivity index (χ1n) is 5.84. The zero-order chi connectivity index (χ0) is 11.4. The number of nitrogens with zero attached hydrogens (tertiary/aromatic N) is 2. The van der Waals surface area contributed by atoms with Crippen LogP contribution in [-0.2, 0) is 6.54 Å². The van der Waals surface area contributed by atoms with E-state index in [1.807, 2.05) is 6.20 Å². The van der Waals surface area contributed by atoms with E-state index in [0.29, 0.717) is 6.04 Å². The lowest BCUT2D eigenvalue weighted by Crippen LogP contribution is -2.43. The minimum Gasteiger partial charge on any atom is -0.329 e. The third-order valence-corrected chi connectivity index (χ3v) is 3.63. The van der Waals surface area contributed by atoms with Gasteiger partial charge in [-0.1, -0.05) is 6.42 Å². The summed E-state index contributed by atoms with van der Waals surface area (Å²) in [6.45, 7) is 2.93. The van der Waals surface area contributed by atoms with Crippen LogP contribution in [0.5, 0.6) is 0 Å². The van der Waals surface area contributed by atoms with Crippen LogP contribution in [-0.4, -0.2) is 29.0 Å². The van der Waals surface area contributed by atoms with Gasteiger partial charge in [0.15, 0.2) is 0 Å². The largest absolute Gasteiger partial charge is 0.329 e. The van der Waals surface area contributed by atoms with Gasteiger partial charge in [-0.3, -0.25) is 4.90 Å². The van der Waals surface area contributed by atoms with Crippen LogP contribution < -0.4 is 5.73 Å². The van der Waals surface area contributed by atoms with Crippen molar-refractivity contribution in [2.75, 3.05) is 13.1 Å². The van der Waals surface area contributed by atoms with Crippen molar-refractivity contribution < 1.29 is 0 Å². The van der Waals surface area contributed by atoms with Crippen molar-refractivity contribution >= 4 is 28.3 Å². The Labute approximate surface area is 117 Å². The lowest BCUT2D eigenvalue weighted by atomic mass is 10.0. The Hall–Kier alpha value is -0.160. The van der Waals surface area contributed by atoms with E-state index < -0.39 is 0 Å². The van der Waals surface area contributed by atoms with Crippen molar-refractivity contribution in [2.24, 2.45) is 5.73 Å². The number of rotatable bonds is 3. The van der Waals surface area contributed by atoms with Crippen LogP contribution in [0, 0.1) is 0 Å². The number of pyridine rings is 1. The highest BCUT2D eigenvalue weighted by atomic mass is 79.9. The van der Waals surface area contributed by atoms with Crippen molar-refractivity contribution in [2.45, 2.75) is 31.8 Å². The minimum atomic E-state index is 0. The highest BCUT2D eigenvalue weighted by molar-refractivity contribution is 9.10. The van der Waals surface area contributed by atoms with Gasteiger partial charge in [-0.2, -0.15) is 0 Å². The Bertz CT molecular complexity index is 348. The summed E-state index contributed by atoms with van der Waals surface area (Å²) in [4.78, 5) is 6.64. The fraction of sp³-hybridized carbons (Fsp3) is 0.583. The van der Waals surface area contributed by atoms with Crippen LogP contribution in [0.15, 0.2) is 22.9 Å². The topological polar surface area (TPSA) is 42.1 Å². The van der Waals surface area contributed by atoms with Gasteiger partial charge in [0.25, 0.3) is 0 Å². The number of aromatic nitrogens is 1. The standard InChI is InChI=1S/C12H18BrN3.ClH/c13-12-7-10(4-5-15-12)9-16-6-2-1-3-11(16)8-14;/h4-5,7,11H,1-3,6,8-9,14H2;1H. The van der Waals surface area contributed by atoms with Crippen molar-refractivity contribution in [1.82, 2.24) is 9.88 Å². The number of hydrogen-bond acceptors (Lipinski definition) is 3. The van der Waals surface area contributed by atoms with Crippen molar-refractivity contribution in [3.05, 3.63) is 28.5 Å². The van der Waals surface area contributed by atoms with Gasteiger partial charge in [0, 0.05) is 25.3 Å². The molecule has 1 aliphatic rings. The Kier molecular flexibility index (Phi) is 6.41. The van der Waals surface area contributed by atoms with Gasteiger partial charge in [-0.05, 0) is 53.0 Å². The van der Waals surface area contributed by atoms with Crippen molar-refractivity contribution in [1.29, 1.82) is 0 Å². The zero-order valence-electron chi connectivity index (χ0n) is 9.81. The van der Waals surface area contributed by atoms with Gasteiger partial charge in [-0.15, -0.1) is 12.4 Å². The highest BCUT2D eigenvalue weighted by Gasteiger charge is 2.20. The lowest BCUT2D eigenvalue weighted by molar-refractivity contribution is 0.145. The first-order valence-corrected chi connectivity index (χ1v) is 6.63. The molecule has 1 saturated heterocycles. The van der Waals surface area contributed by atoms with Gasteiger partial charge < -0.3 is 5.73 Å². The molecule has 2 heterocycles. The van der Waals surface area contributed by atoms with Crippen LogP contribution in [0.2, 0.25) is 0 Å². The second-order valence-corrected chi connectivity index (χ2v) is 5.16. The molecular formula is C12H19BrClN3. The normalized spacial score (nSPS) is 20.9. The average Bonchev–Trinajstić information content (AvgIpc) is 2.30. The molecule has 3 nitrogen and oxygen atoms in total. The molecule has 0 amide bonds. The molecule has 0 spiro atoms. The smallest absolute Gasteiger partial charge is 0.106 e. The van der Waals surface area contributed by atoms with E-state index >= 15 is 0 Å². The predicted molar refractivity (Wildman–Crippen MR) is 76.3 cm³/mol. The van der Waals surface area contributed by atoms with Crippen LogP contribution in [0.1, 0.15) is 24.8 Å². The summed E-state index contributed by atoms with van der Waals surface area (Å²) in [5.74, 6) is 0. The molecule has 1 unspecified atom stereocenters. The molecule has 17 heavy (non-hydrogen) atoms. The molecule has 0 aromatic carbocycles. The summed E-state index contributed by atoms with van der Waals surface area (Å²) in [7, 11) is 0. The van der Waals surface area contributed by atoms with E-state index in [1.165, 1.54) is 31.4 Å². The third-order valence-electron chi connectivity index (χ3n) is 3.20. The maximum Gasteiger partial charge on any atom is 0.106 e. The molecule has 0 radical (unpaired) electrons. The average molecular weight is 321 g/mol. The molecule has 5 heteroatoms. The number of likely N-dealkylation sites (tertiary alicyclic amines) is 1. The molecule has 1 aliphatic heterocycles. The fourth-order valence-electron chi connectivity index (χ4n) is 2.31. The maximum atomic E-state index is 5.81. The van der Waals surface area contributed by atoms with E-state index in [4.69, 9.17) is 5.73 Å². The van der Waals surface area contributed by atoms with E-state index in [9.17, 15) is 0 Å². The lowest BCUT2D eigenvalue weighted by Gasteiger charge is -2.34. The SMILES string of the molecule is Cl.NCC1CCCCN1Cc1ccnc(Br)c1. The van der Waals surface area contributed by atoms with Gasteiger partial charge >= 0.3 is 0 Å². The number of nitrogens with two attached hydrogens (primary N) is 1. The Morgan fingerprint density at radius 1 is 1.47 bits per heavy atom. The summed E-state index contributed by atoms with van der Waals surface area (Å²) in [6, 6.07) is 4.72. The van der Waals surface area contributed by atoms with Crippen LogP contribution in [0.4, 0.5) is 0 Å². The quantitative estimate of drug-likeness (QED) is 0.870. The monoisotopic (exact) mass is 319 g/mol. The Morgan fingerprint density at radius 3 is 3.00 bits per heavy atom. The van der Waals surface area contributed by atoms with E-state index in [-0.39, 0.29) is 12.4 Å². The maximum absolute atomic E-state index is 5.81. The third kappa shape index (κ3) is 4.21. The molecule has 1 aromatic rings. The highest BCUT2D eigenvalue weighted by Crippen LogP contribution is 2.19. The van der Waals surface area contributed by atoms with Gasteiger partial charge in [0.2, 0.25) is 0 Å². The van der Waals surface area contributed by atoms with Crippen LogP contribution in [0.3, 0.4) is 0 Å². The number of hydrogen-bond donors (Lipinski definition) is 1. The molecule has 1 fully saturated rings. The minimum absolute atomic E-state index is 0. The zero-order valence-corrected chi connectivity index (χ0v) is 12.2. The molecular weight excluding hydrogens is 302 g/mol. The summed E-state index contributed by atoms with van der Waals surface area (Å²) in [5, 5.41) is 0. The van der Waals surface area contributed by atoms with Gasteiger partial charge in [0.05, 0.1) is 0 Å². The first kappa shape index (κ1) is 14.9.